The fourth-order valence-electron chi connectivity index (χ4n) is 2.66. The number of nitro groups is 1. The number of nitrogens with one attached hydrogen (secondary N) is 1. The predicted molar refractivity (Wildman–Crippen MR) is 82.4 cm³/mol. The van der Waals surface area contributed by atoms with E-state index < -0.39 is 4.92 Å². The first-order valence-electron chi connectivity index (χ1n) is 7.27. The lowest BCUT2D eigenvalue weighted by Crippen LogP contribution is -2.39. The molecule has 0 radical (unpaired) electrons. The molecule has 0 aromatic heterocycles. The van der Waals surface area contributed by atoms with Crippen LogP contribution in [0.1, 0.15) is 18.4 Å². The molecular weight excluding hydrogens is 288 g/mol. The molecule has 0 saturated carbocycles. The molecule has 2 N–H and O–H groups in total. The highest BCUT2D eigenvalue weighted by Gasteiger charge is 2.32. The van der Waals surface area contributed by atoms with E-state index >= 15 is 0 Å². The molecule has 1 aromatic carbocycles. The Labute approximate surface area is 129 Å². The second kappa shape index (κ2) is 6.93. The number of hydrogen-bond donors (Lipinski definition) is 2. The van der Waals surface area contributed by atoms with E-state index in [9.17, 15) is 15.2 Å². The van der Waals surface area contributed by atoms with Crippen molar-refractivity contribution in [3.8, 4) is 5.75 Å². The molecule has 1 aromatic rings. The molecule has 1 aliphatic heterocycles. The van der Waals surface area contributed by atoms with E-state index in [1.165, 1.54) is 13.2 Å². The van der Waals surface area contributed by atoms with E-state index in [0.717, 1.165) is 12.8 Å². The third kappa shape index (κ3) is 3.48. The van der Waals surface area contributed by atoms with Crippen molar-refractivity contribution < 1.29 is 19.5 Å². The fraction of sp³-hybridized carbons (Fsp3) is 0.600. The Morgan fingerprint density at radius 2 is 2.14 bits per heavy atom. The summed E-state index contributed by atoms with van der Waals surface area (Å²) >= 11 is 0. The van der Waals surface area contributed by atoms with Crippen LogP contribution in [0.15, 0.2) is 12.1 Å². The first-order chi connectivity index (χ1) is 10.5. The van der Waals surface area contributed by atoms with Crippen LogP contribution in [0.2, 0.25) is 0 Å². The molecule has 0 aliphatic carbocycles. The van der Waals surface area contributed by atoms with Crippen molar-refractivity contribution in [2.45, 2.75) is 19.8 Å². The average molecular weight is 310 g/mol. The summed E-state index contributed by atoms with van der Waals surface area (Å²) in [5.41, 5.74) is 0.831. The van der Waals surface area contributed by atoms with Gasteiger partial charge < -0.3 is 19.9 Å². The molecule has 2 rings (SSSR count). The molecule has 7 nitrogen and oxygen atoms in total. The number of ether oxygens (including phenoxy) is 2. The van der Waals surface area contributed by atoms with Gasteiger partial charge in [-0.05, 0) is 25.3 Å². The lowest BCUT2D eigenvalue weighted by Gasteiger charge is -2.35. The zero-order valence-electron chi connectivity index (χ0n) is 12.9. The van der Waals surface area contributed by atoms with Gasteiger partial charge in [0, 0.05) is 37.3 Å². The first kappa shape index (κ1) is 16.5. The van der Waals surface area contributed by atoms with Crippen LogP contribution in [0.4, 0.5) is 11.4 Å². The molecule has 0 spiro atoms. The lowest BCUT2D eigenvalue weighted by molar-refractivity contribution is -0.384. The molecule has 0 atom stereocenters. The van der Waals surface area contributed by atoms with E-state index in [-0.39, 0.29) is 17.7 Å². The van der Waals surface area contributed by atoms with Crippen LogP contribution >= 0.6 is 0 Å². The Morgan fingerprint density at radius 1 is 1.45 bits per heavy atom. The van der Waals surface area contributed by atoms with E-state index in [1.807, 2.05) is 0 Å². The van der Waals surface area contributed by atoms with Gasteiger partial charge in [0.15, 0.2) is 0 Å². The maximum absolute atomic E-state index is 11.2. The van der Waals surface area contributed by atoms with Gasteiger partial charge >= 0.3 is 0 Å². The summed E-state index contributed by atoms with van der Waals surface area (Å²) in [6, 6.07) is 3.13. The molecular formula is C15H22N2O5. The van der Waals surface area contributed by atoms with E-state index in [2.05, 4.69) is 5.32 Å². The minimum absolute atomic E-state index is 0.0125. The fourth-order valence-corrected chi connectivity index (χ4v) is 2.66. The molecule has 1 aliphatic rings. The maximum Gasteiger partial charge on any atom is 0.292 e. The highest BCUT2D eigenvalue weighted by Crippen LogP contribution is 2.35. The predicted octanol–water partition coefficient (Wildman–Crippen LogP) is 2.11. The standard InChI is InChI=1S/C15H22N2O5/c1-11-7-13(17(19)20)12(8-14(11)21-2)16-9-15(10-18)3-5-22-6-4-15/h7-8,16,18H,3-6,9-10H2,1-2H3. The average Bonchev–Trinajstić information content (AvgIpc) is 2.54. The zero-order valence-corrected chi connectivity index (χ0v) is 12.9. The van der Waals surface area contributed by atoms with Gasteiger partial charge in [0.1, 0.15) is 11.4 Å². The van der Waals surface area contributed by atoms with Gasteiger partial charge in [-0.3, -0.25) is 10.1 Å². The van der Waals surface area contributed by atoms with Crippen molar-refractivity contribution in [2.24, 2.45) is 5.41 Å². The number of rotatable bonds is 6. The van der Waals surface area contributed by atoms with E-state index in [0.29, 0.717) is 36.8 Å². The molecule has 0 bridgehead atoms. The summed E-state index contributed by atoms with van der Waals surface area (Å²) in [4.78, 5) is 10.8. The van der Waals surface area contributed by atoms with Crippen molar-refractivity contribution in [3.05, 3.63) is 27.8 Å². The number of aliphatic hydroxyl groups is 1. The van der Waals surface area contributed by atoms with Gasteiger partial charge in [-0.25, -0.2) is 0 Å². The summed E-state index contributed by atoms with van der Waals surface area (Å²) in [5.74, 6) is 0.595. The molecule has 1 saturated heterocycles. The summed E-state index contributed by atoms with van der Waals surface area (Å²) < 4.78 is 10.6. The summed E-state index contributed by atoms with van der Waals surface area (Å²) in [6.45, 7) is 3.45. The molecule has 1 fully saturated rings. The van der Waals surface area contributed by atoms with Gasteiger partial charge in [-0.2, -0.15) is 0 Å². The van der Waals surface area contributed by atoms with Crippen LogP contribution in [0.5, 0.6) is 5.75 Å². The Balaban J connectivity index is 2.22. The number of anilines is 1. The number of methoxy groups -OCH3 is 1. The molecule has 0 amide bonds. The number of aliphatic hydroxyl groups excluding tert-OH is 1. The van der Waals surface area contributed by atoms with Crippen LogP contribution < -0.4 is 10.1 Å². The van der Waals surface area contributed by atoms with Crippen LogP contribution in [0.3, 0.4) is 0 Å². The zero-order chi connectivity index (χ0) is 16.2. The van der Waals surface area contributed by atoms with Gasteiger partial charge in [-0.1, -0.05) is 0 Å². The van der Waals surface area contributed by atoms with Gasteiger partial charge in [0.05, 0.1) is 18.6 Å². The van der Waals surface area contributed by atoms with Crippen molar-refractivity contribution >= 4 is 11.4 Å². The SMILES string of the molecule is COc1cc(NCC2(CO)CCOCC2)c([N+](=O)[O-])cc1C. The maximum atomic E-state index is 11.2. The van der Waals surface area contributed by atoms with E-state index in [4.69, 9.17) is 9.47 Å². The molecule has 0 unspecified atom stereocenters. The number of hydrogen-bond acceptors (Lipinski definition) is 6. The second-order valence-corrected chi connectivity index (χ2v) is 5.72. The summed E-state index contributed by atoms with van der Waals surface area (Å²) in [6.07, 6.45) is 1.46. The third-order valence-corrected chi connectivity index (χ3v) is 4.25. The Hall–Kier alpha value is -1.86. The third-order valence-electron chi connectivity index (χ3n) is 4.25. The minimum Gasteiger partial charge on any atom is -0.496 e. The van der Waals surface area contributed by atoms with Crippen molar-refractivity contribution in [2.75, 3.05) is 38.8 Å². The normalized spacial score (nSPS) is 17.0. The van der Waals surface area contributed by atoms with Gasteiger partial charge in [0.25, 0.3) is 5.69 Å². The largest absolute Gasteiger partial charge is 0.496 e. The van der Waals surface area contributed by atoms with Crippen LogP contribution in [0, 0.1) is 22.5 Å². The Bertz CT molecular complexity index is 541. The number of aryl methyl sites for hydroxylation is 1. The van der Waals surface area contributed by atoms with Crippen LogP contribution in [-0.4, -0.2) is 43.5 Å². The van der Waals surface area contributed by atoms with Crippen molar-refractivity contribution in [3.63, 3.8) is 0 Å². The van der Waals surface area contributed by atoms with Crippen molar-refractivity contribution in [1.82, 2.24) is 0 Å². The molecule has 122 valence electrons. The number of nitrogens with zero attached hydrogens (tertiary/aromatic N) is 1. The summed E-state index contributed by atoms with van der Waals surface area (Å²) in [5, 5.41) is 24.0. The smallest absolute Gasteiger partial charge is 0.292 e. The summed E-state index contributed by atoms with van der Waals surface area (Å²) in [7, 11) is 1.53. The van der Waals surface area contributed by atoms with E-state index in [1.54, 1.807) is 13.0 Å². The monoisotopic (exact) mass is 310 g/mol. The Morgan fingerprint density at radius 3 is 2.68 bits per heavy atom. The van der Waals surface area contributed by atoms with Crippen LogP contribution in [0.25, 0.3) is 0 Å². The topological polar surface area (TPSA) is 93.9 Å². The highest BCUT2D eigenvalue weighted by molar-refractivity contribution is 5.66. The number of benzene rings is 1. The number of nitro benzene ring substituents is 1. The quantitative estimate of drug-likeness (QED) is 0.617. The van der Waals surface area contributed by atoms with Crippen LogP contribution in [-0.2, 0) is 4.74 Å². The molecule has 1 heterocycles. The first-order valence-corrected chi connectivity index (χ1v) is 7.27. The molecule has 22 heavy (non-hydrogen) atoms. The Kier molecular flexibility index (Phi) is 5.20. The lowest BCUT2D eigenvalue weighted by atomic mass is 9.81. The second-order valence-electron chi connectivity index (χ2n) is 5.72. The van der Waals surface area contributed by atoms with Crippen molar-refractivity contribution in [1.29, 1.82) is 0 Å². The molecule has 7 heteroatoms. The highest BCUT2D eigenvalue weighted by atomic mass is 16.6. The minimum atomic E-state index is -0.412. The van der Waals surface area contributed by atoms with Gasteiger partial charge in [-0.15, -0.1) is 0 Å². The van der Waals surface area contributed by atoms with Gasteiger partial charge in [0.2, 0.25) is 0 Å².